The summed E-state index contributed by atoms with van der Waals surface area (Å²) in [5, 5.41) is 14.4. The summed E-state index contributed by atoms with van der Waals surface area (Å²) in [5.74, 6) is 0.611. The molecule has 8 heteroatoms. The Kier molecular flexibility index (Phi) is 4.34. The van der Waals surface area contributed by atoms with Gasteiger partial charge in [-0.1, -0.05) is 11.6 Å². The summed E-state index contributed by atoms with van der Waals surface area (Å²) >= 11 is 5.67. The van der Waals surface area contributed by atoms with Crippen molar-refractivity contribution in [1.82, 2.24) is 5.43 Å². The van der Waals surface area contributed by atoms with Crippen molar-refractivity contribution in [3.05, 3.63) is 62.6 Å². The van der Waals surface area contributed by atoms with Crippen LogP contribution in [0.5, 0.6) is 0 Å². The first-order valence-corrected chi connectivity index (χ1v) is 6.19. The molecule has 7 nitrogen and oxygen atoms in total. The molecule has 0 fully saturated rings. The number of amides is 1. The number of nitro benzene ring substituents is 1. The summed E-state index contributed by atoms with van der Waals surface area (Å²) in [5.41, 5.74) is 1.99. The second-order valence-electron chi connectivity index (χ2n) is 4.07. The van der Waals surface area contributed by atoms with Crippen LogP contribution in [0.4, 0.5) is 5.69 Å². The fourth-order valence-corrected chi connectivity index (χ4v) is 1.72. The van der Waals surface area contributed by atoms with Crippen LogP contribution in [0.15, 0.2) is 39.9 Å². The summed E-state index contributed by atoms with van der Waals surface area (Å²) < 4.78 is 5.23. The Morgan fingerprint density at radius 3 is 2.81 bits per heavy atom. The Bertz CT molecular complexity index is 724. The van der Waals surface area contributed by atoms with E-state index in [9.17, 15) is 14.9 Å². The normalized spacial score (nSPS) is 10.8. The van der Waals surface area contributed by atoms with E-state index in [2.05, 4.69) is 10.5 Å². The van der Waals surface area contributed by atoms with Crippen molar-refractivity contribution in [2.24, 2.45) is 5.10 Å². The van der Waals surface area contributed by atoms with Crippen molar-refractivity contribution in [2.45, 2.75) is 6.92 Å². The maximum atomic E-state index is 11.8. The Morgan fingerprint density at radius 2 is 2.19 bits per heavy atom. The van der Waals surface area contributed by atoms with Gasteiger partial charge in [0.1, 0.15) is 16.5 Å². The lowest BCUT2D eigenvalue weighted by Crippen LogP contribution is -2.17. The molecule has 2 rings (SSSR count). The number of furan rings is 1. The van der Waals surface area contributed by atoms with Crippen LogP contribution >= 0.6 is 11.6 Å². The van der Waals surface area contributed by atoms with Crippen LogP contribution in [0.25, 0.3) is 0 Å². The molecule has 0 bridgehead atoms. The molecule has 1 heterocycles. The highest BCUT2D eigenvalue weighted by Gasteiger charge is 2.15. The van der Waals surface area contributed by atoms with E-state index in [1.165, 1.54) is 18.3 Å². The number of aryl methyl sites for hydroxylation is 1. The van der Waals surface area contributed by atoms with Gasteiger partial charge in [-0.15, -0.1) is 0 Å². The van der Waals surface area contributed by atoms with Crippen LogP contribution in [0.3, 0.4) is 0 Å². The molecule has 0 saturated carbocycles. The van der Waals surface area contributed by atoms with Crippen LogP contribution in [0.1, 0.15) is 21.9 Å². The number of carbonyl (C=O) groups is 1. The highest BCUT2D eigenvalue weighted by molar-refractivity contribution is 6.32. The van der Waals surface area contributed by atoms with E-state index in [1.54, 1.807) is 19.1 Å². The molecule has 2 aromatic rings. The molecule has 0 aliphatic heterocycles. The molecule has 0 saturated heterocycles. The number of rotatable bonds is 4. The van der Waals surface area contributed by atoms with E-state index in [1.807, 2.05) is 0 Å². The zero-order valence-electron chi connectivity index (χ0n) is 10.9. The lowest BCUT2D eigenvalue weighted by Gasteiger charge is -2.00. The Balaban J connectivity index is 2.08. The van der Waals surface area contributed by atoms with E-state index >= 15 is 0 Å². The molecular formula is C13H10ClN3O4. The third-order valence-corrected chi connectivity index (χ3v) is 2.84. The van der Waals surface area contributed by atoms with Gasteiger partial charge in [-0.25, -0.2) is 5.43 Å². The smallest absolute Gasteiger partial charge is 0.288 e. The number of nitrogens with one attached hydrogen (secondary N) is 1. The quantitative estimate of drug-likeness (QED) is 0.533. The van der Waals surface area contributed by atoms with Gasteiger partial charge >= 0.3 is 0 Å². The second-order valence-corrected chi connectivity index (χ2v) is 4.48. The van der Waals surface area contributed by atoms with Gasteiger partial charge < -0.3 is 4.42 Å². The minimum atomic E-state index is -0.659. The second kappa shape index (κ2) is 6.19. The molecule has 1 amide bonds. The molecule has 108 valence electrons. The van der Waals surface area contributed by atoms with Crippen LogP contribution in [0.2, 0.25) is 5.02 Å². The van der Waals surface area contributed by atoms with Crippen LogP contribution in [0, 0.1) is 17.0 Å². The van der Waals surface area contributed by atoms with Crippen LogP contribution in [-0.2, 0) is 0 Å². The van der Waals surface area contributed by atoms with Crippen molar-refractivity contribution in [3.63, 3.8) is 0 Å². The van der Waals surface area contributed by atoms with Gasteiger partial charge in [0.25, 0.3) is 11.6 Å². The number of nitrogens with zero attached hydrogens (tertiary/aromatic N) is 2. The van der Waals surface area contributed by atoms with E-state index in [0.29, 0.717) is 5.76 Å². The third kappa shape index (κ3) is 3.67. The number of carbonyl (C=O) groups excluding carboxylic acids is 1. The fourth-order valence-electron chi connectivity index (χ4n) is 1.54. The number of hydrogen-bond donors (Lipinski definition) is 1. The molecule has 0 radical (unpaired) electrons. The Hall–Kier alpha value is -2.67. The molecule has 1 aromatic heterocycles. The van der Waals surface area contributed by atoms with Gasteiger partial charge in [0, 0.05) is 11.6 Å². The van der Waals surface area contributed by atoms with E-state index in [4.69, 9.17) is 16.0 Å². The van der Waals surface area contributed by atoms with Crippen molar-refractivity contribution in [1.29, 1.82) is 0 Å². The van der Waals surface area contributed by atoms with E-state index in [0.717, 1.165) is 11.8 Å². The number of benzene rings is 1. The minimum absolute atomic E-state index is 0.0360. The topological polar surface area (TPSA) is 97.7 Å². The van der Waals surface area contributed by atoms with Crippen molar-refractivity contribution in [2.75, 3.05) is 0 Å². The van der Waals surface area contributed by atoms with Gasteiger partial charge in [-0.2, -0.15) is 5.10 Å². The first-order valence-electron chi connectivity index (χ1n) is 5.81. The van der Waals surface area contributed by atoms with Gasteiger partial charge in [0.05, 0.1) is 11.1 Å². The van der Waals surface area contributed by atoms with Crippen molar-refractivity contribution < 1.29 is 14.1 Å². The van der Waals surface area contributed by atoms with Gasteiger partial charge in [-0.05, 0) is 31.2 Å². The van der Waals surface area contributed by atoms with E-state index in [-0.39, 0.29) is 16.3 Å². The highest BCUT2D eigenvalue weighted by Crippen LogP contribution is 2.24. The summed E-state index contributed by atoms with van der Waals surface area (Å²) in [6.45, 7) is 1.78. The van der Waals surface area contributed by atoms with Gasteiger partial charge in [-0.3, -0.25) is 14.9 Å². The largest absolute Gasteiger partial charge is 0.460 e. The molecule has 0 aliphatic rings. The number of halogens is 1. The zero-order chi connectivity index (χ0) is 15.4. The maximum absolute atomic E-state index is 11.8. The van der Waals surface area contributed by atoms with Crippen molar-refractivity contribution >= 4 is 29.4 Å². The molecule has 1 N–H and O–H groups in total. The third-order valence-electron chi connectivity index (χ3n) is 2.52. The van der Waals surface area contributed by atoms with Gasteiger partial charge in [0.15, 0.2) is 0 Å². The molecule has 0 unspecified atom stereocenters. The molecule has 0 aliphatic carbocycles. The maximum Gasteiger partial charge on any atom is 0.288 e. The molecule has 1 aromatic carbocycles. The number of hydrogen-bond acceptors (Lipinski definition) is 5. The highest BCUT2D eigenvalue weighted by atomic mass is 35.5. The average molecular weight is 308 g/mol. The SMILES string of the molecule is Cc1ccc(C=NNC(=O)c2ccc(Cl)c([N+](=O)[O-])c2)o1. The van der Waals surface area contributed by atoms with Gasteiger partial charge in [0.2, 0.25) is 0 Å². The van der Waals surface area contributed by atoms with Crippen LogP contribution < -0.4 is 5.43 Å². The average Bonchev–Trinajstić information content (AvgIpc) is 2.84. The lowest BCUT2D eigenvalue weighted by molar-refractivity contribution is -0.384. The summed E-state index contributed by atoms with van der Waals surface area (Å²) in [6.07, 6.45) is 1.33. The lowest BCUT2D eigenvalue weighted by atomic mass is 10.2. The molecule has 0 spiro atoms. The fraction of sp³-hybridized carbons (Fsp3) is 0.0769. The molecular weight excluding hydrogens is 298 g/mol. The standard InChI is InChI=1S/C13H10ClN3O4/c1-8-2-4-10(21-8)7-15-16-13(18)9-3-5-11(14)12(6-9)17(19)20/h2-7H,1H3,(H,16,18). The first-order chi connectivity index (χ1) is 9.97. The Labute approximate surface area is 124 Å². The van der Waals surface area contributed by atoms with Crippen molar-refractivity contribution in [3.8, 4) is 0 Å². The first kappa shape index (κ1) is 14.7. The summed E-state index contributed by atoms with van der Waals surface area (Å²) in [4.78, 5) is 21.9. The summed E-state index contributed by atoms with van der Waals surface area (Å²) in [6, 6.07) is 7.19. The minimum Gasteiger partial charge on any atom is -0.460 e. The van der Waals surface area contributed by atoms with E-state index < -0.39 is 10.8 Å². The Morgan fingerprint density at radius 1 is 1.43 bits per heavy atom. The predicted octanol–water partition coefficient (Wildman–Crippen LogP) is 2.91. The summed E-state index contributed by atoms with van der Waals surface area (Å²) in [7, 11) is 0. The number of nitro groups is 1. The zero-order valence-corrected chi connectivity index (χ0v) is 11.6. The van der Waals surface area contributed by atoms with Crippen LogP contribution in [-0.4, -0.2) is 17.0 Å². The predicted molar refractivity (Wildman–Crippen MR) is 76.6 cm³/mol. The number of hydrazone groups is 1. The molecule has 0 atom stereocenters. The monoisotopic (exact) mass is 307 g/mol. The molecule has 21 heavy (non-hydrogen) atoms.